The zero-order valence-corrected chi connectivity index (χ0v) is 15.5. The molecule has 0 aliphatic heterocycles. The largest absolute Gasteiger partial charge is 0.304 e. The van der Waals surface area contributed by atoms with E-state index in [-0.39, 0.29) is 5.92 Å². The van der Waals surface area contributed by atoms with Crippen molar-refractivity contribution in [1.29, 1.82) is 5.41 Å². The Morgan fingerprint density at radius 1 is 1.08 bits per heavy atom. The lowest BCUT2D eigenvalue weighted by molar-refractivity contribution is 0.364. The minimum atomic E-state index is 0.121. The second kappa shape index (κ2) is 6.40. The molecule has 0 spiro atoms. The normalized spacial score (nSPS) is 26.2. The number of pyridine rings is 1. The van der Waals surface area contributed by atoms with Gasteiger partial charge in [-0.25, -0.2) is 0 Å². The van der Waals surface area contributed by atoms with E-state index in [1.54, 1.807) is 0 Å². The van der Waals surface area contributed by atoms with Gasteiger partial charge in [0.25, 0.3) is 0 Å². The van der Waals surface area contributed by atoms with Crippen molar-refractivity contribution in [1.82, 2.24) is 4.98 Å². The maximum absolute atomic E-state index is 8.97. The highest BCUT2D eigenvalue weighted by atomic mass is 14.7. The maximum Gasteiger partial charge on any atom is 0.0494 e. The molecule has 1 fully saturated rings. The van der Waals surface area contributed by atoms with Gasteiger partial charge in [0.1, 0.15) is 0 Å². The average Bonchev–Trinajstić information content (AvgIpc) is 3.42. The number of rotatable bonds is 3. The molecule has 1 aromatic carbocycles. The predicted octanol–water partition coefficient (Wildman–Crippen LogP) is 5.77. The summed E-state index contributed by atoms with van der Waals surface area (Å²) in [7, 11) is 0. The summed E-state index contributed by atoms with van der Waals surface area (Å²) < 4.78 is 0. The highest BCUT2D eigenvalue weighted by Gasteiger charge is 2.36. The van der Waals surface area contributed by atoms with Gasteiger partial charge in [-0.1, -0.05) is 49.6 Å². The van der Waals surface area contributed by atoms with Gasteiger partial charge in [0, 0.05) is 23.5 Å². The van der Waals surface area contributed by atoms with E-state index < -0.39 is 0 Å². The van der Waals surface area contributed by atoms with Crippen LogP contribution in [-0.4, -0.2) is 10.7 Å². The Labute approximate surface area is 151 Å². The summed E-state index contributed by atoms with van der Waals surface area (Å²) in [5.41, 5.74) is 6.83. The summed E-state index contributed by atoms with van der Waals surface area (Å²) in [5.74, 6) is 2.20. The number of benzene rings is 1. The average molecular weight is 332 g/mol. The third kappa shape index (κ3) is 3.27. The molecule has 1 saturated carbocycles. The topological polar surface area (TPSA) is 36.7 Å². The van der Waals surface area contributed by atoms with Crippen molar-refractivity contribution >= 4 is 5.71 Å². The van der Waals surface area contributed by atoms with E-state index in [4.69, 9.17) is 10.4 Å². The summed E-state index contributed by atoms with van der Waals surface area (Å²) >= 11 is 0. The second-order valence-corrected chi connectivity index (χ2v) is 8.28. The molecule has 0 amide bonds. The van der Waals surface area contributed by atoms with Gasteiger partial charge in [0.15, 0.2) is 0 Å². The number of hydrogen-bond donors (Lipinski definition) is 1. The Hall–Kier alpha value is -1.96. The minimum absolute atomic E-state index is 0.121. The standard InChI is InChI=1S/C23H28N2/c1-14-4-8-19-20(10-14)16(3)18(11-17-6-7-17)12-21(23(19)24)22-9-5-15(2)13-25-22/h4-5,8-10,13,16-18,21,24H,6-7,11-12H2,1-3H3. The molecule has 2 heteroatoms. The molecule has 0 radical (unpaired) electrons. The maximum atomic E-state index is 8.97. The SMILES string of the molecule is Cc1ccc(C2CC(CC3CC3)C(C)c3cc(C)ccc3C2=N)nc1. The molecule has 2 nitrogen and oxygen atoms in total. The van der Waals surface area contributed by atoms with Crippen LogP contribution in [-0.2, 0) is 0 Å². The molecule has 2 aliphatic carbocycles. The molecule has 130 valence electrons. The van der Waals surface area contributed by atoms with E-state index in [1.807, 2.05) is 6.20 Å². The third-order valence-corrected chi connectivity index (χ3v) is 6.21. The predicted molar refractivity (Wildman–Crippen MR) is 104 cm³/mol. The molecular formula is C23H28N2. The third-order valence-electron chi connectivity index (χ3n) is 6.21. The van der Waals surface area contributed by atoms with Crippen LogP contribution in [0.3, 0.4) is 0 Å². The number of fused-ring (bicyclic) bond motifs is 1. The van der Waals surface area contributed by atoms with Crippen LogP contribution in [0.15, 0.2) is 36.5 Å². The number of aryl methyl sites for hydroxylation is 2. The highest BCUT2D eigenvalue weighted by molar-refractivity contribution is 6.04. The Kier molecular flexibility index (Phi) is 4.23. The van der Waals surface area contributed by atoms with E-state index in [9.17, 15) is 0 Å². The zero-order chi connectivity index (χ0) is 17.6. The number of nitrogens with zero attached hydrogens (tertiary/aromatic N) is 1. The summed E-state index contributed by atoms with van der Waals surface area (Å²) in [6.07, 6.45) is 7.11. The van der Waals surface area contributed by atoms with E-state index in [2.05, 4.69) is 51.1 Å². The lowest BCUT2D eigenvalue weighted by atomic mass is 9.80. The Morgan fingerprint density at radius 3 is 2.52 bits per heavy atom. The zero-order valence-electron chi connectivity index (χ0n) is 15.5. The van der Waals surface area contributed by atoms with Crippen LogP contribution in [0, 0.1) is 31.1 Å². The Balaban J connectivity index is 1.77. The fourth-order valence-electron chi connectivity index (χ4n) is 4.41. The van der Waals surface area contributed by atoms with Crippen LogP contribution in [0.1, 0.15) is 72.4 Å². The first kappa shape index (κ1) is 16.5. The molecule has 3 unspecified atom stereocenters. The van der Waals surface area contributed by atoms with Crippen molar-refractivity contribution in [2.24, 2.45) is 11.8 Å². The molecule has 3 atom stereocenters. The van der Waals surface area contributed by atoms with Gasteiger partial charge in [-0.2, -0.15) is 0 Å². The second-order valence-electron chi connectivity index (χ2n) is 8.28. The number of aromatic nitrogens is 1. The Morgan fingerprint density at radius 2 is 1.84 bits per heavy atom. The van der Waals surface area contributed by atoms with Crippen LogP contribution >= 0.6 is 0 Å². The quantitative estimate of drug-likeness (QED) is 0.711. The lowest BCUT2D eigenvalue weighted by Crippen LogP contribution is -2.17. The minimum Gasteiger partial charge on any atom is -0.304 e. The van der Waals surface area contributed by atoms with E-state index in [0.29, 0.717) is 11.8 Å². The first-order chi connectivity index (χ1) is 12.0. The van der Waals surface area contributed by atoms with E-state index in [0.717, 1.165) is 29.3 Å². The number of hydrogen-bond acceptors (Lipinski definition) is 2. The first-order valence-corrected chi connectivity index (χ1v) is 9.65. The monoisotopic (exact) mass is 332 g/mol. The smallest absolute Gasteiger partial charge is 0.0494 e. The fourth-order valence-corrected chi connectivity index (χ4v) is 4.41. The summed E-state index contributed by atoms with van der Waals surface area (Å²) in [5, 5.41) is 8.97. The van der Waals surface area contributed by atoms with Gasteiger partial charge >= 0.3 is 0 Å². The van der Waals surface area contributed by atoms with Gasteiger partial charge in [-0.3, -0.25) is 4.98 Å². The lowest BCUT2D eigenvalue weighted by Gasteiger charge is -2.25. The van der Waals surface area contributed by atoms with Gasteiger partial charge in [-0.05, 0) is 67.2 Å². The van der Waals surface area contributed by atoms with E-state index >= 15 is 0 Å². The van der Waals surface area contributed by atoms with Crippen molar-refractivity contribution in [3.8, 4) is 0 Å². The van der Waals surface area contributed by atoms with Gasteiger partial charge in [0.05, 0.1) is 0 Å². The van der Waals surface area contributed by atoms with Crippen LogP contribution in [0.5, 0.6) is 0 Å². The van der Waals surface area contributed by atoms with Crippen molar-refractivity contribution in [3.63, 3.8) is 0 Å². The molecule has 0 bridgehead atoms. The highest BCUT2D eigenvalue weighted by Crippen LogP contribution is 2.47. The van der Waals surface area contributed by atoms with Crippen molar-refractivity contribution in [3.05, 3.63) is 64.5 Å². The molecule has 4 rings (SSSR count). The van der Waals surface area contributed by atoms with Gasteiger partial charge in [-0.15, -0.1) is 0 Å². The number of nitrogens with one attached hydrogen (secondary N) is 1. The van der Waals surface area contributed by atoms with Crippen molar-refractivity contribution in [2.45, 2.75) is 58.3 Å². The van der Waals surface area contributed by atoms with Crippen LogP contribution in [0.4, 0.5) is 0 Å². The molecule has 1 aromatic heterocycles. The summed E-state index contributed by atoms with van der Waals surface area (Å²) in [6.45, 7) is 6.62. The van der Waals surface area contributed by atoms with E-state index in [1.165, 1.54) is 36.0 Å². The molecule has 2 aliphatic rings. The molecule has 1 heterocycles. The van der Waals surface area contributed by atoms with Gasteiger partial charge < -0.3 is 5.41 Å². The van der Waals surface area contributed by atoms with Crippen molar-refractivity contribution < 1.29 is 0 Å². The molecule has 25 heavy (non-hydrogen) atoms. The van der Waals surface area contributed by atoms with Crippen LogP contribution in [0.2, 0.25) is 0 Å². The molecular weight excluding hydrogens is 304 g/mol. The summed E-state index contributed by atoms with van der Waals surface area (Å²) in [4.78, 5) is 4.70. The first-order valence-electron chi connectivity index (χ1n) is 9.65. The van der Waals surface area contributed by atoms with Crippen molar-refractivity contribution in [2.75, 3.05) is 0 Å². The molecule has 0 saturated heterocycles. The van der Waals surface area contributed by atoms with Gasteiger partial charge in [0.2, 0.25) is 0 Å². The Bertz CT molecular complexity index is 786. The summed E-state index contributed by atoms with van der Waals surface area (Å²) in [6, 6.07) is 10.9. The molecule has 2 aromatic rings. The van der Waals surface area contributed by atoms with Crippen LogP contribution < -0.4 is 0 Å². The fraction of sp³-hybridized carbons (Fsp3) is 0.478. The van der Waals surface area contributed by atoms with Crippen LogP contribution in [0.25, 0.3) is 0 Å². The molecule has 1 N–H and O–H groups in total.